The minimum atomic E-state index is -3.11. The second-order valence-corrected chi connectivity index (χ2v) is 7.28. The highest BCUT2D eigenvalue weighted by Gasteiger charge is 2.13. The summed E-state index contributed by atoms with van der Waals surface area (Å²) in [7, 11) is -3.11. The van der Waals surface area contributed by atoms with E-state index >= 15 is 0 Å². The Labute approximate surface area is 127 Å². The largest absolute Gasteiger partial charge is 0.314 e. The average molecular weight is 316 g/mol. The average Bonchev–Trinajstić information content (AvgIpc) is 2.37. The van der Waals surface area contributed by atoms with Crippen LogP contribution >= 0.6 is 0 Å². The number of nitrogens with one attached hydrogen (secondary N) is 1. The van der Waals surface area contributed by atoms with Crippen molar-refractivity contribution in [1.82, 2.24) is 9.62 Å². The van der Waals surface area contributed by atoms with Gasteiger partial charge in [0, 0.05) is 19.1 Å². The summed E-state index contributed by atoms with van der Waals surface area (Å²) in [6.45, 7) is 5.63. The van der Waals surface area contributed by atoms with E-state index in [0.717, 1.165) is 24.9 Å². The third kappa shape index (κ3) is 7.02. The summed E-state index contributed by atoms with van der Waals surface area (Å²) >= 11 is 0. The van der Waals surface area contributed by atoms with E-state index in [1.165, 1.54) is 16.6 Å². The number of halogens is 1. The molecule has 1 atom stereocenters. The van der Waals surface area contributed by atoms with Crippen molar-refractivity contribution in [3.8, 4) is 0 Å². The monoisotopic (exact) mass is 316 g/mol. The van der Waals surface area contributed by atoms with Gasteiger partial charge in [-0.2, -0.15) is 0 Å². The summed E-state index contributed by atoms with van der Waals surface area (Å²) in [5.41, 5.74) is 0.960. The highest BCUT2D eigenvalue weighted by molar-refractivity contribution is 7.88. The van der Waals surface area contributed by atoms with Gasteiger partial charge in [0.15, 0.2) is 0 Å². The quantitative estimate of drug-likeness (QED) is 0.709. The fourth-order valence-electron chi connectivity index (χ4n) is 2.25. The molecular formula is C15H25FN2O2S. The zero-order valence-corrected chi connectivity index (χ0v) is 13.8. The van der Waals surface area contributed by atoms with Crippen LogP contribution in [0.25, 0.3) is 0 Å². The smallest absolute Gasteiger partial charge is 0.211 e. The number of nitrogens with zero attached hydrogens (tertiary/aromatic N) is 1. The van der Waals surface area contributed by atoms with Gasteiger partial charge in [-0.05, 0) is 44.0 Å². The first-order valence-corrected chi connectivity index (χ1v) is 9.10. The maximum Gasteiger partial charge on any atom is 0.211 e. The van der Waals surface area contributed by atoms with Crippen molar-refractivity contribution in [1.29, 1.82) is 0 Å². The number of rotatable bonds is 9. The van der Waals surface area contributed by atoms with E-state index in [1.807, 2.05) is 19.9 Å². The fourth-order valence-corrected chi connectivity index (χ4v) is 3.18. The van der Waals surface area contributed by atoms with Crippen LogP contribution in [0.1, 0.15) is 25.8 Å². The lowest BCUT2D eigenvalue weighted by molar-refractivity contribution is 0.412. The van der Waals surface area contributed by atoms with Gasteiger partial charge >= 0.3 is 0 Å². The SMILES string of the molecule is CCN(CCCNC(C)Cc1cccc(F)c1)S(C)(=O)=O. The van der Waals surface area contributed by atoms with Crippen LogP contribution in [-0.2, 0) is 16.4 Å². The van der Waals surface area contributed by atoms with Crippen LogP contribution in [0, 0.1) is 5.82 Å². The van der Waals surface area contributed by atoms with Crippen molar-refractivity contribution in [2.24, 2.45) is 0 Å². The van der Waals surface area contributed by atoms with Crippen LogP contribution in [-0.4, -0.2) is 44.7 Å². The Morgan fingerprint density at radius 2 is 2.10 bits per heavy atom. The Kier molecular flexibility index (Phi) is 7.28. The Balaban J connectivity index is 2.29. The summed E-state index contributed by atoms with van der Waals surface area (Å²) in [6.07, 6.45) is 2.74. The third-order valence-electron chi connectivity index (χ3n) is 3.33. The molecule has 0 radical (unpaired) electrons. The lowest BCUT2D eigenvalue weighted by Crippen LogP contribution is -2.34. The maximum absolute atomic E-state index is 13.1. The topological polar surface area (TPSA) is 49.4 Å². The fraction of sp³-hybridized carbons (Fsp3) is 0.600. The van der Waals surface area contributed by atoms with Crippen molar-refractivity contribution in [3.05, 3.63) is 35.6 Å². The first-order valence-electron chi connectivity index (χ1n) is 7.26. The second-order valence-electron chi connectivity index (χ2n) is 5.30. The van der Waals surface area contributed by atoms with E-state index in [0.29, 0.717) is 13.1 Å². The lowest BCUT2D eigenvalue weighted by atomic mass is 10.1. The van der Waals surface area contributed by atoms with E-state index in [9.17, 15) is 12.8 Å². The van der Waals surface area contributed by atoms with Gasteiger partial charge in [-0.15, -0.1) is 0 Å². The summed E-state index contributed by atoms with van der Waals surface area (Å²) < 4.78 is 37.4. The van der Waals surface area contributed by atoms with Gasteiger partial charge in [-0.3, -0.25) is 0 Å². The molecule has 0 aromatic heterocycles. The van der Waals surface area contributed by atoms with Gasteiger partial charge in [0.1, 0.15) is 5.82 Å². The minimum absolute atomic E-state index is 0.216. The zero-order valence-electron chi connectivity index (χ0n) is 13.0. The van der Waals surface area contributed by atoms with Crippen molar-refractivity contribution < 1.29 is 12.8 Å². The van der Waals surface area contributed by atoms with Crippen molar-refractivity contribution in [2.45, 2.75) is 32.7 Å². The van der Waals surface area contributed by atoms with Gasteiger partial charge < -0.3 is 5.32 Å². The standard InChI is InChI=1S/C15H25FN2O2S/c1-4-18(21(3,19)20)10-6-9-17-13(2)11-14-7-5-8-15(16)12-14/h5,7-8,12-13,17H,4,6,9-11H2,1-3H3. The summed E-state index contributed by atoms with van der Waals surface area (Å²) in [4.78, 5) is 0. The van der Waals surface area contributed by atoms with Crippen molar-refractivity contribution in [2.75, 3.05) is 25.9 Å². The number of hydrogen-bond acceptors (Lipinski definition) is 3. The number of sulfonamides is 1. The van der Waals surface area contributed by atoms with E-state index in [1.54, 1.807) is 12.1 Å². The van der Waals surface area contributed by atoms with Crippen LogP contribution in [0.5, 0.6) is 0 Å². The first kappa shape index (κ1) is 18.1. The maximum atomic E-state index is 13.1. The number of hydrogen-bond donors (Lipinski definition) is 1. The molecule has 1 aromatic rings. The van der Waals surface area contributed by atoms with Gasteiger partial charge in [0.25, 0.3) is 0 Å². The molecule has 120 valence electrons. The van der Waals surface area contributed by atoms with Crippen LogP contribution < -0.4 is 5.32 Å². The van der Waals surface area contributed by atoms with Crippen LogP contribution in [0.4, 0.5) is 4.39 Å². The molecule has 0 fully saturated rings. The van der Waals surface area contributed by atoms with Gasteiger partial charge in [0.2, 0.25) is 10.0 Å². The van der Waals surface area contributed by atoms with Gasteiger partial charge in [-0.25, -0.2) is 17.1 Å². The Morgan fingerprint density at radius 1 is 1.38 bits per heavy atom. The summed E-state index contributed by atoms with van der Waals surface area (Å²) in [5.74, 6) is -0.216. The van der Waals surface area contributed by atoms with E-state index < -0.39 is 10.0 Å². The molecule has 0 bridgehead atoms. The molecule has 0 spiro atoms. The molecule has 1 unspecified atom stereocenters. The minimum Gasteiger partial charge on any atom is -0.314 e. The Hall–Kier alpha value is -0.980. The Bertz CT molecular complexity index is 534. The van der Waals surface area contributed by atoms with Crippen molar-refractivity contribution >= 4 is 10.0 Å². The molecule has 1 N–H and O–H groups in total. The molecule has 0 aliphatic heterocycles. The number of benzene rings is 1. The molecule has 0 aliphatic rings. The normalized spacial score (nSPS) is 13.6. The third-order valence-corrected chi connectivity index (χ3v) is 4.71. The van der Waals surface area contributed by atoms with E-state index in [-0.39, 0.29) is 11.9 Å². The lowest BCUT2D eigenvalue weighted by Gasteiger charge is -2.19. The molecule has 0 amide bonds. The van der Waals surface area contributed by atoms with Gasteiger partial charge in [0.05, 0.1) is 6.26 Å². The molecule has 1 rings (SSSR count). The molecule has 0 saturated carbocycles. The highest BCUT2D eigenvalue weighted by atomic mass is 32.2. The molecule has 0 heterocycles. The molecule has 0 aliphatic carbocycles. The van der Waals surface area contributed by atoms with Crippen LogP contribution in [0.2, 0.25) is 0 Å². The zero-order chi connectivity index (χ0) is 15.9. The van der Waals surface area contributed by atoms with Crippen molar-refractivity contribution in [3.63, 3.8) is 0 Å². The highest BCUT2D eigenvalue weighted by Crippen LogP contribution is 2.06. The summed E-state index contributed by atoms with van der Waals surface area (Å²) in [5, 5.41) is 3.34. The molecule has 1 aromatic carbocycles. The molecule has 6 heteroatoms. The van der Waals surface area contributed by atoms with E-state index in [2.05, 4.69) is 5.32 Å². The van der Waals surface area contributed by atoms with Crippen LogP contribution in [0.15, 0.2) is 24.3 Å². The van der Waals surface area contributed by atoms with Crippen LogP contribution in [0.3, 0.4) is 0 Å². The Morgan fingerprint density at radius 3 is 2.67 bits per heavy atom. The molecule has 4 nitrogen and oxygen atoms in total. The second kappa shape index (κ2) is 8.46. The first-order chi connectivity index (χ1) is 9.82. The molecular weight excluding hydrogens is 291 g/mol. The van der Waals surface area contributed by atoms with Gasteiger partial charge in [-0.1, -0.05) is 19.1 Å². The predicted molar refractivity (Wildman–Crippen MR) is 84.3 cm³/mol. The molecule has 21 heavy (non-hydrogen) atoms. The predicted octanol–water partition coefficient (Wildman–Crippen LogP) is 2.02. The van der Waals surface area contributed by atoms with E-state index in [4.69, 9.17) is 0 Å². The molecule has 0 saturated heterocycles. The summed E-state index contributed by atoms with van der Waals surface area (Å²) in [6, 6.07) is 6.82.